The minimum Gasteiger partial charge on any atom is -0.338 e. The summed E-state index contributed by atoms with van der Waals surface area (Å²) in [5.41, 5.74) is -2.15. The third-order valence-corrected chi connectivity index (χ3v) is 3.72. The quantitative estimate of drug-likeness (QED) is 0.845. The number of halogens is 6. The first-order chi connectivity index (χ1) is 11.5. The second-order valence-corrected chi connectivity index (χ2v) is 5.53. The molecule has 0 spiro atoms. The van der Waals surface area contributed by atoms with E-state index in [0.717, 1.165) is 0 Å². The summed E-state index contributed by atoms with van der Waals surface area (Å²) < 4.78 is 79.8. The van der Waals surface area contributed by atoms with Crippen LogP contribution in [0.1, 0.15) is 29.1 Å². The lowest BCUT2D eigenvalue weighted by molar-refractivity contribution is -0.163. The van der Waals surface area contributed by atoms with Gasteiger partial charge in [-0.05, 0) is 25.0 Å². The van der Waals surface area contributed by atoms with Crippen molar-refractivity contribution in [3.8, 4) is 11.4 Å². The Labute approximate surface area is 136 Å². The molecule has 1 N–H and O–H groups in total. The zero-order chi connectivity index (χ0) is 18.5. The fourth-order valence-corrected chi connectivity index (χ4v) is 2.12. The zero-order valence-corrected chi connectivity index (χ0v) is 12.2. The molecule has 1 aliphatic rings. The van der Waals surface area contributed by atoms with E-state index in [9.17, 15) is 31.1 Å². The smallest absolute Gasteiger partial charge is 0.338 e. The monoisotopic (exact) mass is 365 g/mol. The Bertz CT molecular complexity index is 790. The van der Waals surface area contributed by atoms with Gasteiger partial charge in [0.15, 0.2) is 0 Å². The minimum absolute atomic E-state index is 0.0705. The maximum absolute atomic E-state index is 12.8. The van der Waals surface area contributed by atoms with Crippen LogP contribution in [0.4, 0.5) is 26.3 Å². The average molecular weight is 365 g/mol. The van der Waals surface area contributed by atoms with Crippen LogP contribution in [0.3, 0.4) is 0 Å². The third kappa shape index (κ3) is 3.30. The van der Waals surface area contributed by atoms with E-state index in [1.54, 1.807) is 0 Å². The third-order valence-electron chi connectivity index (χ3n) is 3.72. The van der Waals surface area contributed by atoms with Crippen LogP contribution in [-0.4, -0.2) is 27.8 Å². The number of carbonyl (C=O) groups excluding carboxylic acids is 1. The number of benzene rings is 1. The molecule has 1 amide bonds. The molecular weight excluding hydrogens is 356 g/mol. The molecule has 0 saturated heterocycles. The van der Waals surface area contributed by atoms with E-state index in [2.05, 4.69) is 14.7 Å². The summed E-state index contributed by atoms with van der Waals surface area (Å²) in [6.07, 6.45) is -9.71. The molecule has 1 aliphatic carbocycles. The Morgan fingerprint density at radius 1 is 1.08 bits per heavy atom. The molecule has 1 heterocycles. The van der Waals surface area contributed by atoms with Gasteiger partial charge in [-0.1, -0.05) is 17.3 Å². The summed E-state index contributed by atoms with van der Waals surface area (Å²) >= 11 is 0. The number of rotatable bonds is 3. The Morgan fingerprint density at radius 2 is 1.68 bits per heavy atom. The number of alkyl halides is 6. The van der Waals surface area contributed by atoms with Crippen molar-refractivity contribution in [1.29, 1.82) is 0 Å². The Hall–Kier alpha value is -2.59. The highest BCUT2D eigenvalue weighted by Gasteiger charge is 2.64. The highest BCUT2D eigenvalue weighted by Crippen LogP contribution is 2.49. The molecule has 3 rings (SSSR count). The summed E-state index contributed by atoms with van der Waals surface area (Å²) in [5.74, 6) is -2.80. The summed E-state index contributed by atoms with van der Waals surface area (Å²) in [6.45, 7) is 0. The van der Waals surface area contributed by atoms with Crippen LogP contribution in [0, 0.1) is 0 Å². The van der Waals surface area contributed by atoms with Gasteiger partial charge < -0.3 is 9.84 Å². The van der Waals surface area contributed by atoms with Gasteiger partial charge >= 0.3 is 18.2 Å². The molecule has 0 bridgehead atoms. The number of nitrogens with one attached hydrogen (secondary N) is 1. The summed E-state index contributed by atoms with van der Waals surface area (Å²) in [7, 11) is 0. The van der Waals surface area contributed by atoms with Crippen molar-refractivity contribution in [2.24, 2.45) is 0 Å². The zero-order valence-electron chi connectivity index (χ0n) is 12.2. The Balaban J connectivity index is 1.74. The first-order valence-corrected chi connectivity index (χ1v) is 6.92. The molecule has 1 fully saturated rings. The van der Waals surface area contributed by atoms with Crippen molar-refractivity contribution in [3.63, 3.8) is 0 Å². The van der Waals surface area contributed by atoms with Gasteiger partial charge in [-0.25, -0.2) is 0 Å². The molecular formula is C14H9F6N3O2. The van der Waals surface area contributed by atoms with Crippen LogP contribution < -0.4 is 5.32 Å². The van der Waals surface area contributed by atoms with Gasteiger partial charge in [-0.15, -0.1) is 0 Å². The lowest BCUT2D eigenvalue weighted by Gasteiger charge is -2.20. The van der Waals surface area contributed by atoms with Crippen molar-refractivity contribution < 1.29 is 35.7 Å². The molecule has 1 aromatic carbocycles. The van der Waals surface area contributed by atoms with Crippen LogP contribution in [-0.2, 0) is 6.18 Å². The maximum Gasteiger partial charge on any atom is 0.471 e. The topological polar surface area (TPSA) is 68.0 Å². The SMILES string of the molecule is O=C(NC1(C(F)(F)F)CC1)c1ccc(-c2noc(C(F)(F)F)n2)cc1. The second kappa shape index (κ2) is 5.46. The molecule has 0 atom stereocenters. The number of nitrogens with zero attached hydrogens (tertiary/aromatic N) is 2. The lowest BCUT2D eigenvalue weighted by Crippen LogP contribution is -2.47. The number of hydrogen-bond acceptors (Lipinski definition) is 4. The normalized spacial score (nSPS) is 16.6. The van der Waals surface area contributed by atoms with E-state index in [-0.39, 0.29) is 29.8 Å². The predicted molar refractivity (Wildman–Crippen MR) is 70.2 cm³/mol. The fraction of sp³-hybridized carbons (Fsp3) is 0.357. The second-order valence-electron chi connectivity index (χ2n) is 5.53. The van der Waals surface area contributed by atoms with Crippen LogP contribution in [0.5, 0.6) is 0 Å². The van der Waals surface area contributed by atoms with Gasteiger partial charge in [0.25, 0.3) is 5.91 Å². The highest BCUT2D eigenvalue weighted by atomic mass is 19.4. The largest absolute Gasteiger partial charge is 0.471 e. The first kappa shape index (κ1) is 17.2. The van der Waals surface area contributed by atoms with Gasteiger partial charge in [0.1, 0.15) is 5.54 Å². The van der Waals surface area contributed by atoms with E-state index in [0.29, 0.717) is 0 Å². The fourth-order valence-electron chi connectivity index (χ4n) is 2.12. The van der Waals surface area contributed by atoms with Crippen LogP contribution in [0.15, 0.2) is 28.8 Å². The number of hydrogen-bond donors (Lipinski definition) is 1. The van der Waals surface area contributed by atoms with Gasteiger partial charge in [-0.3, -0.25) is 4.79 Å². The predicted octanol–water partition coefficient (Wildman–Crippen LogP) is 3.58. The molecule has 1 aromatic heterocycles. The summed E-state index contributed by atoms with van der Waals surface area (Å²) in [5, 5.41) is 5.12. The van der Waals surface area contributed by atoms with Gasteiger partial charge in [0.05, 0.1) is 0 Å². The van der Waals surface area contributed by atoms with Gasteiger partial charge in [0, 0.05) is 11.1 Å². The summed E-state index contributed by atoms with van der Waals surface area (Å²) in [4.78, 5) is 15.1. The van der Waals surface area contributed by atoms with E-state index >= 15 is 0 Å². The van der Waals surface area contributed by atoms with Crippen molar-refractivity contribution >= 4 is 5.91 Å². The Morgan fingerprint density at radius 3 is 2.12 bits per heavy atom. The van der Waals surface area contributed by atoms with Gasteiger partial charge in [-0.2, -0.15) is 31.3 Å². The molecule has 0 aliphatic heterocycles. The lowest BCUT2D eigenvalue weighted by atomic mass is 10.1. The van der Waals surface area contributed by atoms with E-state index in [4.69, 9.17) is 0 Å². The van der Waals surface area contributed by atoms with Crippen molar-refractivity contribution in [2.45, 2.75) is 30.7 Å². The van der Waals surface area contributed by atoms with Crippen LogP contribution in [0.2, 0.25) is 0 Å². The van der Waals surface area contributed by atoms with Crippen molar-refractivity contribution in [3.05, 3.63) is 35.7 Å². The first-order valence-electron chi connectivity index (χ1n) is 6.92. The maximum atomic E-state index is 12.8. The number of aromatic nitrogens is 2. The summed E-state index contributed by atoms with van der Waals surface area (Å²) in [6, 6.07) is 4.77. The van der Waals surface area contributed by atoms with Crippen LogP contribution in [0.25, 0.3) is 11.4 Å². The molecule has 0 unspecified atom stereocenters. The highest BCUT2D eigenvalue weighted by molar-refractivity contribution is 5.95. The van der Waals surface area contributed by atoms with E-state index < -0.39 is 29.7 Å². The molecule has 5 nitrogen and oxygen atoms in total. The molecule has 134 valence electrons. The van der Waals surface area contributed by atoms with Gasteiger partial charge in [0.2, 0.25) is 5.82 Å². The molecule has 1 saturated carbocycles. The van der Waals surface area contributed by atoms with E-state index in [1.807, 2.05) is 5.32 Å². The van der Waals surface area contributed by atoms with Crippen molar-refractivity contribution in [1.82, 2.24) is 15.5 Å². The standard InChI is InChI=1S/C14H9F6N3O2/c15-13(16,17)11-21-9(23-25-11)7-1-3-8(4-2-7)10(24)22-12(5-6-12)14(18,19)20/h1-4H,5-6H2,(H,22,24). The number of carbonyl (C=O) groups is 1. The van der Waals surface area contributed by atoms with Crippen molar-refractivity contribution in [2.75, 3.05) is 0 Å². The minimum atomic E-state index is -4.79. The molecule has 0 radical (unpaired) electrons. The van der Waals surface area contributed by atoms with Crippen LogP contribution >= 0.6 is 0 Å². The van der Waals surface area contributed by atoms with E-state index in [1.165, 1.54) is 24.3 Å². The Kier molecular flexibility index (Phi) is 3.77. The average Bonchev–Trinajstić information content (AvgIpc) is 3.12. The molecule has 11 heteroatoms. The molecule has 25 heavy (non-hydrogen) atoms. The number of amides is 1. The molecule has 2 aromatic rings.